The number of hydrogen-bond acceptors (Lipinski definition) is 2. The lowest BCUT2D eigenvalue weighted by molar-refractivity contribution is 0.215. The monoisotopic (exact) mass is 228 g/mol. The fraction of sp³-hybridized carbons (Fsp3) is 1.00. The Hall–Kier alpha value is 0.500. The van der Waals surface area contributed by atoms with Crippen LogP contribution in [0.1, 0.15) is 39.5 Å². The molecule has 0 aromatic heterocycles. The van der Waals surface area contributed by atoms with Gasteiger partial charge >= 0.3 is 6.80 Å². The van der Waals surface area contributed by atoms with Crippen molar-refractivity contribution in [2.24, 2.45) is 5.92 Å². The fourth-order valence-electron chi connectivity index (χ4n) is 1.10. The first kappa shape index (κ1) is 13.5. The molecule has 2 atom stereocenters. The molecule has 2 nitrogen and oxygen atoms in total. The SMILES string of the molecule is CCCCC(CC)COP(O)(F)=S. The molecule has 0 spiro atoms. The quantitative estimate of drug-likeness (QED) is 0.677. The first-order chi connectivity index (χ1) is 5.99. The minimum Gasteiger partial charge on any atom is -0.321 e. The molecule has 0 aliphatic carbocycles. The molecule has 0 bridgehead atoms. The second-order valence-electron chi connectivity index (χ2n) is 3.16. The minimum atomic E-state index is -3.93. The summed E-state index contributed by atoms with van der Waals surface area (Å²) in [4.78, 5) is 8.62. The van der Waals surface area contributed by atoms with E-state index in [-0.39, 0.29) is 6.61 Å². The molecule has 5 heteroatoms. The molecule has 0 aliphatic rings. The highest BCUT2D eigenvalue weighted by Gasteiger charge is 2.14. The van der Waals surface area contributed by atoms with Gasteiger partial charge < -0.3 is 9.42 Å². The van der Waals surface area contributed by atoms with E-state index in [1.165, 1.54) is 0 Å². The molecule has 2 unspecified atom stereocenters. The molecular formula is C8H18FO2PS. The van der Waals surface area contributed by atoms with Crippen LogP contribution in [0.15, 0.2) is 0 Å². The molecule has 0 aromatic carbocycles. The Morgan fingerprint density at radius 1 is 1.54 bits per heavy atom. The van der Waals surface area contributed by atoms with Gasteiger partial charge in [-0.05, 0) is 24.1 Å². The second kappa shape index (κ2) is 6.88. The van der Waals surface area contributed by atoms with Gasteiger partial charge in [-0.3, -0.25) is 0 Å². The number of unbranched alkanes of at least 4 members (excludes halogenated alkanes) is 1. The van der Waals surface area contributed by atoms with Gasteiger partial charge in [0.15, 0.2) is 0 Å². The highest BCUT2D eigenvalue weighted by Crippen LogP contribution is 2.44. The van der Waals surface area contributed by atoms with Crippen LogP contribution in [0.5, 0.6) is 0 Å². The smallest absolute Gasteiger partial charge is 0.321 e. The molecule has 0 amide bonds. The van der Waals surface area contributed by atoms with Crippen LogP contribution < -0.4 is 0 Å². The van der Waals surface area contributed by atoms with Crippen LogP contribution in [-0.4, -0.2) is 11.5 Å². The molecule has 0 heterocycles. The van der Waals surface area contributed by atoms with Gasteiger partial charge in [0.05, 0.1) is 6.61 Å². The van der Waals surface area contributed by atoms with Crippen molar-refractivity contribution in [1.29, 1.82) is 0 Å². The third kappa shape index (κ3) is 8.82. The zero-order valence-corrected chi connectivity index (χ0v) is 9.91. The van der Waals surface area contributed by atoms with Crippen molar-refractivity contribution in [2.45, 2.75) is 39.5 Å². The summed E-state index contributed by atoms with van der Waals surface area (Å²) in [5.74, 6) is 0.324. The summed E-state index contributed by atoms with van der Waals surface area (Å²) in [6, 6.07) is 0. The lowest BCUT2D eigenvalue weighted by atomic mass is 10.0. The molecule has 1 N–H and O–H groups in total. The zero-order valence-electron chi connectivity index (χ0n) is 8.20. The average Bonchev–Trinajstić information content (AvgIpc) is 2.03. The standard InChI is InChI=1S/C8H18FO2PS/c1-3-5-6-8(4-2)7-11-12(9,10)13/h8H,3-7H2,1-2H3,(H,10,13). The predicted octanol–water partition coefficient (Wildman–Crippen LogP) is 3.41. The first-order valence-corrected chi connectivity index (χ1v) is 7.23. The van der Waals surface area contributed by atoms with E-state index in [4.69, 9.17) is 4.89 Å². The Kier molecular flexibility index (Phi) is 7.15. The van der Waals surface area contributed by atoms with Crippen LogP contribution in [0, 0.1) is 5.92 Å². The summed E-state index contributed by atoms with van der Waals surface area (Å²) in [6.45, 7) is 0.460. The summed E-state index contributed by atoms with van der Waals surface area (Å²) >= 11 is 4.14. The van der Waals surface area contributed by atoms with Gasteiger partial charge in [0.1, 0.15) is 0 Å². The minimum absolute atomic E-state index is 0.251. The Morgan fingerprint density at radius 3 is 2.54 bits per heavy atom. The molecule has 0 fully saturated rings. The highest BCUT2D eigenvalue weighted by molar-refractivity contribution is 8.06. The maximum absolute atomic E-state index is 12.5. The van der Waals surface area contributed by atoms with Crippen LogP contribution in [0.3, 0.4) is 0 Å². The Morgan fingerprint density at radius 2 is 2.15 bits per heavy atom. The predicted molar refractivity (Wildman–Crippen MR) is 56.9 cm³/mol. The zero-order chi connectivity index (χ0) is 10.3. The third-order valence-corrected chi connectivity index (χ3v) is 2.80. The van der Waals surface area contributed by atoms with Gasteiger partial charge in [0, 0.05) is 0 Å². The molecule has 0 aromatic rings. The van der Waals surface area contributed by atoms with Crippen molar-refractivity contribution in [3.8, 4) is 0 Å². The van der Waals surface area contributed by atoms with Crippen LogP contribution in [0.4, 0.5) is 4.20 Å². The first-order valence-electron chi connectivity index (χ1n) is 4.66. The van der Waals surface area contributed by atoms with Crippen molar-refractivity contribution in [3.05, 3.63) is 0 Å². The van der Waals surface area contributed by atoms with Gasteiger partial charge in [-0.2, -0.15) is 4.20 Å². The van der Waals surface area contributed by atoms with Crippen LogP contribution >= 0.6 is 6.80 Å². The Balaban J connectivity index is 3.65. The Labute approximate surface area is 84.8 Å². The normalized spacial score (nSPS) is 18.2. The van der Waals surface area contributed by atoms with Crippen LogP contribution in [0.25, 0.3) is 0 Å². The van der Waals surface area contributed by atoms with Gasteiger partial charge in [-0.1, -0.05) is 33.1 Å². The fourth-order valence-corrected chi connectivity index (χ4v) is 1.67. The van der Waals surface area contributed by atoms with E-state index in [0.717, 1.165) is 25.7 Å². The van der Waals surface area contributed by atoms with E-state index in [9.17, 15) is 4.20 Å². The largest absolute Gasteiger partial charge is 0.363 e. The van der Waals surface area contributed by atoms with Crippen LogP contribution in [-0.2, 0) is 16.3 Å². The van der Waals surface area contributed by atoms with Crippen molar-refractivity contribution in [3.63, 3.8) is 0 Å². The lowest BCUT2D eigenvalue weighted by Gasteiger charge is -2.15. The highest BCUT2D eigenvalue weighted by atomic mass is 32.5. The second-order valence-corrected chi connectivity index (χ2v) is 5.68. The van der Waals surface area contributed by atoms with E-state index in [0.29, 0.717) is 5.92 Å². The van der Waals surface area contributed by atoms with Gasteiger partial charge in [-0.15, -0.1) is 0 Å². The summed E-state index contributed by atoms with van der Waals surface area (Å²) < 4.78 is 17.1. The Bertz CT molecular complexity index is 172. The molecule has 0 aliphatic heterocycles. The molecule has 0 saturated heterocycles. The van der Waals surface area contributed by atoms with Crippen LogP contribution in [0.2, 0.25) is 0 Å². The van der Waals surface area contributed by atoms with E-state index < -0.39 is 6.80 Å². The maximum Gasteiger partial charge on any atom is 0.363 e. The molecular weight excluding hydrogens is 210 g/mol. The lowest BCUT2D eigenvalue weighted by Crippen LogP contribution is -2.06. The number of halogens is 1. The molecule has 0 radical (unpaired) electrons. The molecule has 0 saturated carbocycles. The van der Waals surface area contributed by atoms with E-state index in [1.807, 2.05) is 6.92 Å². The average molecular weight is 228 g/mol. The molecule has 80 valence electrons. The molecule has 13 heavy (non-hydrogen) atoms. The van der Waals surface area contributed by atoms with Gasteiger partial charge in [0.2, 0.25) is 0 Å². The van der Waals surface area contributed by atoms with Gasteiger partial charge in [-0.25, -0.2) is 0 Å². The van der Waals surface area contributed by atoms with Gasteiger partial charge in [0.25, 0.3) is 0 Å². The number of hydrogen-bond donors (Lipinski definition) is 1. The summed E-state index contributed by atoms with van der Waals surface area (Å²) in [5, 5.41) is 0. The molecule has 0 rings (SSSR count). The summed E-state index contributed by atoms with van der Waals surface area (Å²) in [5.41, 5.74) is 0. The van der Waals surface area contributed by atoms with Crippen molar-refractivity contribution < 1.29 is 13.6 Å². The number of rotatable bonds is 7. The van der Waals surface area contributed by atoms with Crippen molar-refractivity contribution >= 4 is 18.6 Å². The summed E-state index contributed by atoms with van der Waals surface area (Å²) in [7, 11) is 0. The summed E-state index contributed by atoms with van der Waals surface area (Å²) in [6.07, 6.45) is 4.19. The third-order valence-electron chi connectivity index (χ3n) is 2.01. The van der Waals surface area contributed by atoms with E-state index >= 15 is 0 Å². The van der Waals surface area contributed by atoms with E-state index in [2.05, 4.69) is 23.3 Å². The van der Waals surface area contributed by atoms with Crippen molar-refractivity contribution in [2.75, 3.05) is 6.61 Å². The van der Waals surface area contributed by atoms with E-state index in [1.54, 1.807) is 0 Å². The maximum atomic E-state index is 12.5. The topological polar surface area (TPSA) is 29.5 Å². The van der Waals surface area contributed by atoms with Crippen molar-refractivity contribution in [1.82, 2.24) is 0 Å².